The van der Waals surface area contributed by atoms with Gasteiger partial charge in [0.1, 0.15) is 17.0 Å². The molecule has 0 aromatic carbocycles. The summed E-state index contributed by atoms with van der Waals surface area (Å²) >= 11 is 1.45. The number of hydrogen-bond donors (Lipinski definition) is 2. The van der Waals surface area contributed by atoms with Crippen LogP contribution in [0.15, 0.2) is 28.4 Å². The van der Waals surface area contributed by atoms with Crippen molar-refractivity contribution in [3.8, 4) is 10.6 Å². The van der Waals surface area contributed by atoms with E-state index in [-0.39, 0.29) is 36.1 Å². The number of carbonyl (C=O) groups excluding carboxylic acids is 1. The third-order valence-corrected chi connectivity index (χ3v) is 4.88. The number of rotatable bonds is 4. The maximum atomic E-state index is 12.2. The van der Waals surface area contributed by atoms with Crippen LogP contribution in [-0.4, -0.2) is 30.5 Å². The molecule has 1 aliphatic rings. The number of piperidine rings is 1. The van der Waals surface area contributed by atoms with Crippen molar-refractivity contribution >= 4 is 42.1 Å². The van der Waals surface area contributed by atoms with Crippen LogP contribution in [0.25, 0.3) is 10.6 Å². The van der Waals surface area contributed by atoms with E-state index in [9.17, 15) is 4.79 Å². The number of aromatic nitrogens is 1. The fraction of sp³-hybridized carbons (Fsp3) is 0.467. The molecule has 128 valence electrons. The van der Waals surface area contributed by atoms with E-state index in [2.05, 4.69) is 22.5 Å². The monoisotopic (exact) mass is 377 g/mol. The van der Waals surface area contributed by atoms with E-state index >= 15 is 0 Å². The van der Waals surface area contributed by atoms with Crippen LogP contribution in [0.4, 0.5) is 0 Å². The van der Waals surface area contributed by atoms with Gasteiger partial charge in [-0.05, 0) is 37.4 Å². The Hall–Kier alpha value is -1.08. The molecule has 0 aliphatic carbocycles. The van der Waals surface area contributed by atoms with E-state index in [0.717, 1.165) is 36.5 Å². The molecule has 0 spiro atoms. The van der Waals surface area contributed by atoms with Crippen LogP contribution in [0.3, 0.4) is 0 Å². The molecule has 0 atom stereocenters. The average Bonchev–Trinajstić information content (AvgIpc) is 3.16. The topological polar surface area (TPSA) is 67.2 Å². The first-order valence-electron chi connectivity index (χ1n) is 7.13. The van der Waals surface area contributed by atoms with Gasteiger partial charge in [-0.3, -0.25) is 4.79 Å². The summed E-state index contributed by atoms with van der Waals surface area (Å²) in [5.74, 6) is -0.0965. The Bertz CT molecular complexity index is 610. The Morgan fingerprint density at radius 2 is 2.17 bits per heavy atom. The maximum absolute atomic E-state index is 12.2. The van der Waals surface area contributed by atoms with Crippen molar-refractivity contribution in [3.05, 3.63) is 29.7 Å². The zero-order valence-corrected chi connectivity index (χ0v) is 15.3. The molecule has 1 aliphatic heterocycles. The van der Waals surface area contributed by atoms with Gasteiger partial charge in [0, 0.05) is 17.5 Å². The average molecular weight is 378 g/mol. The molecule has 1 saturated heterocycles. The smallest absolute Gasteiger partial charge is 0.270 e. The molecule has 1 amide bonds. The first-order chi connectivity index (χ1) is 10.2. The van der Waals surface area contributed by atoms with Crippen LogP contribution in [-0.2, 0) is 0 Å². The summed E-state index contributed by atoms with van der Waals surface area (Å²) < 4.78 is 5.04. The van der Waals surface area contributed by atoms with Crippen molar-refractivity contribution < 1.29 is 9.21 Å². The zero-order valence-electron chi connectivity index (χ0n) is 12.8. The minimum atomic E-state index is -0.0965. The number of carbonyl (C=O) groups is 1. The molecule has 0 saturated carbocycles. The third-order valence-electron chi connectivity index (χ3n) is 3.99. The molecule has 3 rings (SSSR count). The van der Waals surface area contributed by atoms with Gasteiger partial charge in [0.25, 0.3) is 5.91 Å². The Morgan fingerprint density at radius 3 is 2.83 bits per heavy atom. The number of nitrogens with zero attached hydrogens (tertiary/aromatic N) is 1. The number of furan rings is 1. The minimum Gasteiger partial charge on any atom is -0.472 e. The van der Waals surface area contributed by atoms with Gasteiger partial charge in [-0.15, -0.1) is 36.2 Å². The highest BCUT2D eigenvalue weighted by Gasteiger charge is 2.27. The summed E-state index contributed by atoms with van der Waals surface area (Å²) in [6.45, 7) is 4.97. The van der Waals surface area contributed by atoms with Gasteiger partial charge in [0.15, 0.2) is 0 Å². The van der Waals surface area contributed by atoms with Gasteiger partial charge in [-0.2, -0.15) is 0 Å². The van der Waals surface area contributed by atoms with Crippen LogP contribution in [0.5, 0.6) is 0 Å². The predicted molar refractivity (Wildman–Crippen MR) is 96.9 cm³/mol. The van der Waals surface area contributed by atoms with Crippen molar-refractivity contribution in [2.45, 2.75) is 19.8 Å². The highest BCUT2D eigenvalue weighted by Crippen LogP contribution is 2.27. The van der Waals surface area contributed by atoms with Gasteiger partial charge in [0.05, 0.1) is 6.26 Å². The molecule has 5 nitrogen and oxygen atoms in total. The SMILES string of the molecule is CC1(CNC(=O)c2csc(-c3ccoc3)n2)CCNCC1.Cl.Cl. The molecule has 0 unspecified atom stereocenters. The molecule has 8 heteroatoms. The first kappa shape index (κ1) is 20.0. The third kappa shape index (κ3) is 4.94. The normalized spacial score (nSPS) is 16.0. The molecule has 2 aromatic heterocycles. The summed E-state index contributed by atoms with van der Waals surface area (Å²) in [5, 5.41) is 8.97. The molecule has 23 heavy (non-hydrogen) atoms. The maximum Gasteiger partial charge on any atom is 0.270 e. The molecule has 2 N–H and O–H groups in total. The van der Waals surface area contributed by atoms with Gasteiger partial charge in [-0.1, -0.05) is 6.92 Å². The number of amides is 1. The summed E-state index contributed by atoms with van der Waals surface area (Å²) in [7, 11) is 0. The summed E-state index contributed by atoms with van der Waals surface area (Å²) in [4.78, 5) is 16.6. The van der Waals surface area contributed by atoms with E-state index in [4.69, 9.17) is 4.42 Å². The quantitative estimate of drug-likeness (QED) is 0.856. The highest BCUT2D eigenvalue weighted by molar-refractivity contribution is 7.13. The van der Waals surface area contributed by atoms with Crippen molar-refractivity contribution in [1.29, 1.82) is 0 Å². The lowest BCUT2D eigenvalue weighted by Gasteiger charge is -2.34. The van der Waals surface area contributed by atoms with E-state index in [1.165, 1.54) is 11.3 Å². The lowest BCUT2D eigenvalue weighted by molar-refractivity contribution is 0.0918. The van der Waals surface area contributed by atoms with Gasteiger partial charge >= 0.3 is 0 Å². The minimum absolute atomic E-state index is 0. The second kappa shape index (κ2) is 8.68. The Morgan fingerprint density at radius 1 is 1.43 bits per heavy atom. The lowest BCUT2D eigenvalue weighted by atomic mass is 9.81. The number of nitrogens with one attached hydrogen (secondary N) is 2. The second-order valence-corrected chi connectivity index (χ2v) is 6.65. The largest absolute Gasteiger partial charge is 0.472 e. The summed E-state index contributed by atoms with van der Waals surface area (Å²) in [6.07, 6.45) is 5.42. The predicted octanol–water partition coefficient (Wildman–Crippen LogP) is 3.37. The van der Waals surface area contributed by atoms with Crippen molar-refractivity contribution in [2.24, 2.45) is 5.41 Å². The molecular weight excluding hydrogens is 357 g/mol. The zero-order chi connectivity index (χ0) is 14.7. The molecule has 1 fully saturated rings. The van der Waals surface area contributed by atoms with E-state index in [0.29, 0.717) is 12.2 Å². The van der Waals surface area contributed by atoms with Crippen LogP contribution in [0, 0.1) is 5.41 Å². The lowest BCUT2D eigenvalue weighted by Crippen LogP contribution is -2.42. The van der Waals surface area contributed by atoms with E-state index < -0.39 is 0 Å². The molecule has 3 heterocycles. The highest BCUT2D eigenvalue weighted by atomic mass is 35.5. The van der Waals surface area contributed by atoms with Crippen LogP contribution in [0.2, 0.25) is 0 Å². The molecule has 0 bridgehead atoms. The summed E-state index contributed by atoms with van der Waals surface area (Å²) in [5.41, 5.74) is 1.57. The fourth-order valence-corrected chi connectivity index (χ4v) is 3.27. The molecule has 0 radical (unpaired) electrons. The van der Waals surface area contributed by atoms with Crippen LogP contribution in [0.1, 0.15) is 30.3 Å². The standard InChI is InChI=1S/C15H19N3O2S.2ClH/c1-15(3-5-16-6-4-15)10-17-13(19)12-9-21-14(18-12)11-2-7-20-8-11;;/h2,7-9,16H,3-6,10H2,1H3,(H,17,19);2*1H. The van der Waals surface area contributed by atoms with Gasteiger partial charge < -0.3 is 15.1 Å². The molecule has 2 aromatic rings. The van der Waals surface area contributed by atoms with Crippen LogP contribution >= 0.6 is 36.2 Å². The van der Waals surface area contributed by atoms with Gasteiger partial charge in [-0.25, -0.2) is 4.98 Å². The van der Waals surface area contributed by atoms with E-state index in [1.54, 1.807) is 17.9 Å². The first-order valence-corrected chi connectivity index (χ1v) is 8.01. The number of halogens is 2. The van der Waals surface area contributed by atoms with Crippen molar-refractivity contribution in [3.63, 3.8) is 0 Å². The Balaban J connectivity index is 0.00000132. The Labute approximate surface area is 152 Å². The fourth-order valence-electron chi connectivity index (χ4n) is 2.49. The second-order valence-electron chi connectivity index (χ2n) is 5.79. The van der Waals surface area contributed by atoms with Crippen molar-refractivity contribution in [2.75, 3.05) is 19.6 Å². The summed E-state index contributed by atoms with van der Waals surface area (Å²) in [6, 6.07) is 1.84. The van der Waals surface area contributed by atoms with Crippen molar-refractivity contribution in [1.82, 2.24) is 15.6 Å². The molecular formula is C15H21Cl2N3O2S. The number of hydrogen-bond acceptors (Lipinski definition) is 5. The van der Waals surface area contributed by atoms with Crippen LogP contribution < -0.4 is 10.6 Å². The number of thiazole rings is 1. The van der Waals surface area contributed by atoms with Gasteiger partial charge in [0.2, 0.25) is 0 Å². The van der Waals surface area contributed by atoms with E-state index in [1.807, 2.05) is 6.07 Å². The Kier molecular flexibility index (Phi) is 7.54.